The van der Waals surface area contributed by atoms with Crippen LogP contribution in [-0.4, -0.2) is 0 Å². The summed E-state index contributed by atoms with van der Waals surface area (Å²) in [7, 11) is 0. The van der Waals surface area contributed by atoms with Crippen LogP contribution in [0.25, 0.3) is 6.08 Å². The van der Waals surface area contributed by atoms with Gasteiger partial charge >= 0.3 is 0 Å². The number of benzene rings is 1. The molecule has 2 heteroatoms. The van der Waals surface area contributed by atoms with Crippen LogP contribution >= 0.6 is 0 Å². The monoisotopic (exact) mass is 149 g/mol. The Morgan fingerprint density at radius 1 is 1.36 bits per heavy atom. The van der Waals surface area contributed by atoms with Crippen molar-refractivity contribution in [1.82, 2.24) is 0 Å². The molecule has 0 bridgehead atoms. The van der Waals surface area contributed by atoms with Gasteiger partial charge in [-0.2, -0.15) is 0 Å². The van der Waals surface area contributed by atoms with E-state index in [9.17, 15) is 4.39 Å². The molecular formula is C9H8FN. The van der Waals surface area contributed by atoms with Crippen molar-refractivity contribution in [3.8, 4) is 0 Å². The first-order chi connectivity index (χ1) is 5.27. The molecule has 1 aliphatic rings. The molecule has 1 nitrogen and oxygen atoms in total. The lowest BCUT2D eigenvalue weighted by molar-refractivity contribution is 0.626. The Morgan fingerprint density at radius 2 is 2.18 bits per heavy atom. The minimum absolute atomic E-state index is 0.0504. The number of fused-ring (bicyclic) bond motifs is 1. The summed E-state index contributed by atoms with van der Waals surface area (Å²) >= 11 is 0. The predicted octanol–water partition coefficient (Wildman–Crippen LogP) is 1.85. The Hall–Kier alpha value is -1.15. The van der Waals surface area contributed by atoms with Crippen LogP contribution in [0.1, 0.15) is 17.2 Å². The van der Waals surface area contributed by atoms with Gasteiger partial charge in [0.2, 0.25) is 0 Å². The van der Waals surface area contributed by atoms with Gasteiger partial charge in [0.05, 0.1) is 0 Å². The zero-order valence-corrected chi connectivity index (χ0v) is 5.92. The van der Waals surface area contributed by atoms with Crippen molar-refractivity contribution in [3.05, 3.63) is 41.2 Å². The van der Waals surface area contributed by atoms with E-state index in [4.69, 9.17) is 5.73 Å². The van der Waals surface area contributed by atoms with Crippen LogP contribution in [0.2, 0.25) is 0 Å². The fourth-order valence-corrected chi connectivity index (χ4v) is 1.30. The average molecular weight is 149 g/mol. The fraction of sp³-hybridized carbons (Fsp3) is 0.111. The van der Waals surface area contributed by atoms with Crippen LogP contribution in [0.15, 0.2) is 24.3 Å². The predicted molar refractivity (Wildman–Crippen MR) is 42.4 cm³/mol. The number of nitrogens with two attached hydrogens (primary N) is 1. The highest BCUT2D eigenvalue weighted by atomic mass is 19.1. The van der Waals surface area contributed by atoms with E-state index in [0.717, 1.165) is 11.1 Å². The summed E-state index contributed by atoms with van der Waals surface area (Å²) in [6, 6.07) is 4.62. The molecular weight excluding hydrogens is 141 g/mol. The van der Waals surface area contributed by atoms with Crippen molar-refractivity contribution >= 4 is 6.08 Å². The van der Waals surface area contributed by atoms with Gasteiger partial charge in [0.1, 0.15) is 5.82 Å². The standard InChI is InChI=1S/C9H8FN/c10-7-2-3-8-6(5-7)1-4-9(8)11/h1-5,9H,11H2. The third-order valence-electron chi connectivity index (χ3n) is 1.89. The average Bonchev–Trinajstić information content (AvgIpc) is 2.32. The lowest BCUT2D eigenvalue weighted by Crippen LogP contribution is -2.04. The second-order valence-electron chi connectivity index (χ2n) is 2.66. The largest absolute Gasteiger partial charge is 0.321 e. The van der Waals surface area contributed by atoms with E-state index in [1.165, 1.54) is 12.1 Å². The summed E-state index contributed by atoms with van der Waals surface area (Å²) in [5.41, 5.74) is 7.59. The van der Waals surface area contributed by atoms with Crippen molar-refractivity contribution in [2.75, 3.05) is 0 Å². The Morgan fingerprint density at radius 3 is 3.00 bits per heavy atom. The summed E-state index contributed by atoms with van der Waals surface area (Å²) in [5.74, 6) is -0.206. The van der Waals surface area contributed by atoms with Gasteiger partial charge < -0.3 is 5.73 Å². The van der Waals surface area contributed by atoms with Gasteiger partial charge in [-0.1, -0.05) is 18.2 Å². The molecule has 1 aromatic carbocycles. The molecule has 0 saturated carbocycles. The molecule has 0 heterocycles. The van der Waals surface area contributed by atoms with Gasteiger partial charge in [-0.3, -0.25) is 0 Å². The van der Waals surface area contributed by atoms with Crippen molar-refractivity contribution < 1.29 is 4.39 Å². The van der Waals surface area contributed by atoms with E-state index in [-0.39, 0.29) is 11.9 Å². The van der Waals surface area contributed by atoms with Crippen LogP contribution in [0.3, 0.4) is 0 Å². The van der Waals surface area contributed by atoms with Crippen LogP contribution < -0.4 is 5.73 Å². The van der Waals surface area contributed by atoms with E-state index in [2.05, 4.69) is 0 Å². The molecule has 1 aromatic rings. The molecule has 0 saturated heterocycles. The van der Waals surface area contributed by atoms with E-state index in [1.54, 1.807) is 6.07 Å². The summed E-state index contributed by atoms with van der Waals surface area (Å²) in [6.45, 7) is 0. The van der Waals surface area contributed by atoms with Crippen molar-refractivity contribution in [1.29, 1.82) is 0 Å². The molecule has 1 atom stereocenters. The molecule has 0 aromatic heterocycles. The molecule has 0 aliphatic heterocycles. The number of hydrogen-bond donors (Lipinski definition) is 1. The molecule has 0 fully saturated rings. The zero-order valence-electron chi connectivity index (χ0n) is 5.92. The zero-order chi connectivity index (χ0) is 7.84. The third-order valence-corrected chi connectivity index (χ3v) is 1.89. The minimum Gasteiger partial charge on any atom is -0.321 e. The van der Waals surface area contributed by atoms with E-state index in [0.29, 0.717) is 0 Å². The summed E-state index contributed by atoms with van der Waals surface area (Å²) < 4.78 is 12.6. The second-order valence-corrected chi connectivity index (χ2v) is 2.66. The van der Waals surface area contributed by atoms with Gasteiger partial charge in [-0.15, -0.1) is 0 Å². The van der Waals surface area contributed by atoms with E-state index in [1.807, 2.05) is 12.2 Å². The molecule has 0 amide bonds. The smallest absolute Gasteiger partial charge is 0.123 e. The SMILES string of the molecule is NC1C=Cc2cc(F)ccc21. The van der Waals surface area contributed by atoms with Crippen LogP contribution in [0, 0.1) is 5.82 Å². The summed E-state index contributed by atoms with van der Waals surface area (Å²) in [4.78, 5) is 0. The molecule has 1 aliphatic carbocycles. The summed E-state index contributed by atoms with van der Waals surface area (Å²) in [6.07, 6.45) is 3.72. The first-order valence-electron chi connectivity index (χ1n) is 3.50. The van der Waals surface area contributed by atoms with Gasteiger partial charge in [0.25, 0.3) is 0 Å². The number of halogens is 1. The highest BCUT2D eigenvalue weighted by Gasteiger charge is 2.12. The van der Waals surface area contributed by atoms with Crippen molar-refractivity contribution in [2.45, 2.75) is 6.04 Å². The van der Waals surface area contributed by atoms with Crippen molar-refractivity contribution in [3.63, 3.8) is 0 Å². The Kier molecular flexibility index (Phi) is 1.29. The summed E-state index contributed by atoms with van der Waals surface area (Å²) in [5, 5.41) is 0. The van der Waals surface area contributed by atoms with E-state index < -0.39 is 0 Å². The topological polar surface area (TPSA) is 26.0 Å². The highest BCUT2D eigenvalue weighted by molar-refractivity contribution is 5.61. The van der Waals surface area contributed by atoms with Crippen LogP contribution in [-0.2, 0) is 0 Å². The second kappa shape index (κ2) is 2.17. The first-order valence-corrected chi connectivity index (χ1v) is 3.50. The molecule has 2 N–H and O–H groups in total. The van der Waals surface area contributed by atoms with Crippen LogP contribution in [0.5, 0.6) is 0 Å². The normalized spacial score (nSPS) is 20.4. The fourth-order valence-electron chi connectivity index (χ4n) is 1.30. The lowest BCUT2D eigenvalue weighted by atomic mass is 10.1. The Labute approximate surface area is 64.3 Å². The van der Waals surface area contributed by atoms with Crippen molar-refractivity contribution in [2.24, 2.45) is 5.73 Å². The van der Waals surface area contributed by atoms with Gasteiger partial charge in [0.15, 0.2) is 0 Å². The molecule has 56 valence electrons. The first kappa shape index (κ1) is 6.55. The number of rotatable bonds is 0. The molecule has 0 spiro atoms. The Bertz CT molecular complexity index is 317. The molecule has 1 unspecified atom stereocenters. The highest BCUT2D eigenvalue weighted by Crippen LogP contribution is 2.26. The number of hydrogen-bond acceptors (Lipinski definition) is 1. The molecule has 2 rings (SSSR count). The maximum atomic E-state index is 12.6. The lowest BCUT2D eigenvalue weighted by Gasteiger charge is -2.02. The quantitative estimate of drug-likeness (QED) is 0.598. The minimum atomic E-state index is -0.206. The maximum absolute atomic E-state index is 12.6. The third kappa shape index (κ3) is 0.955. The van der Waals surface area contributed by atoms with Gasteiger partial charge in [-0.05, 0) is 23.3 Å². The Balaban J connectivity index is 2.58. The maximum Gasteiger partial charge on any atom is 0.123 e. The molecule has 0 radical (unpaired) electrons. The van der Waals surface area contributed by atoms with Gasteiger partial charge in [-0.25, -0.2) is 4.39 Å². The van der Waals surface area contributed by atoms with Gasteiger partial charge in [0, 0.05) is 6.04 Å². The van der Waals surface area contributed by atoms with Crippen LogP contribution in [0.4, 0.5) is 4.39 Å². The van der Waals surface area contributed by atoms with E-state index >= 15 is 0 Å². The molecule has 11 heavy (non-hydrogen) atoms.